The number of ether oxygens (including phenoxy) is 1. The van der Waals surface area contributed by atoms with Crippen molar-refractivity contribution in [2.24, 2.45) is 0 Å². The number of halogens is 2. The Bertz CT molecular complexity index is 553. The Balaban J connectivity index is 2.02. The fourth-order valence-electron chi connectivity index (χ4n) is 1.64. The third-order valence-electron chi connectivity index (χ3n) is 2.77. The summed E-state index contributed by atoms with van der Waals surface area (Å²) in [6.07, 6.45) is -0.463. The van der Waals surface area contributed by atoms with Crippen molar-refractivity contribution in [1.82, 2.24) is 0 Å². The van der Waals surface area contributed by atoms with Crippen molar-refractivity contribution in [3.8, 4) is 5.75 Å². The van der Waals surface area contributed by atoms with E-state index in [1.165, 1.54) is 0 Å². The largest absolute Gasteiger partial charge is 0.489 e. The van der Waals surface area contributed by atoms with Crippen LogP contribution in [0.4, 0.5) is 0 Å². The van der Waals surface area contributed by atoms with Gasteiger partial charge in [0.2, 0.25) is 0 Å². The highest BCUT2D eigenvalue weighted by Gasteiger charge is 2.04. The summed E-state index contributed by atoms with van der Waals surface area (Å²) in [6, 6.07) is 13.1. The van der Waals surface area contributed by atoms with Crippen molar-refractivity contribution < 1.29 is 9.84 Å². The van der Waals surface area contributed by atoms with Crippen LogP contribution in [-0.4, -0.2) is 5.11 Å². The molecule has 0 aromatic heterocycles. The molecule has 0 spiro atoms. The third kappa shape index (κ3) is 3.96. The number of aliphatic hydroxyl groups excluding tert-OH is 1. The van der Waals surface area contributed by atoms with Crippen LogP contribution in [0.5, 0.6) is 5.75 Å². The Kier molecular flexibility index (Phi) is 4.86. The van der Waals surface area contributed by atoms with Crippen molar-refractivity contribution in [3.05, 3.63) is 63.1 Å². The highest BCUT2D eigenvalue weighted by molar-refractivity contribution is 9.10. The first-order valence-electron chi connectivity index (χ1n) is 5.91. The summed E-state index contributed by atoms with van der Waals surface area (Å²) in [4.78, 5) is 0. The van der Waals surface area contributed by atoms with Gasteiger partial charge in [-0.3, -0.25) is 0 Å². The molecule has 0 heterocycles. The summed E-state index contributed by atoms with van der Waals surface area (Å²) in [7, 11) is 0. The first-order chi connectivity index (χ1) is 9.06. The fraction of sp³-hybridized carbons (Fsp3) is 0.200. The van der Waals surface area contributed by atoms with Gasteiger partial charge in [0.05, 0.1) is 6.10 Å². The quantitative estimate of drug-likeness (QED) is 0.870. The van der Waals surface area contributed by atoms with E-state index in [9.17, 15) is 5.11 Å². The van der Waals surface area contributed by atoms with Gasteiger partial charge in [0.1, 0.15) is 12.4 Å². The molecule has 2 nitrogen and oxygen atoms in total. The lowest BCUT2D eigenvalue weighted by atomic mass is 10.1. The average Bonchev–Trinajstić information content (AvgIpc) is 2.38. The lowest BCUT2D eigenvalue weighted by molar-refractivity contribution is 0.199. The van der Waals surface area contributed by atoms with E-state index in [0.29, 0.717) is 11.6 Å². The maximum absolute atomic E-state index is 9.42. The maximum Gasteiger partial charge on any atom is 0.119 e. The Morgan fingerprint density at radius 1 is 1.21 bits per heavy atom. The Hall–Kier alpha value is -1.03. The van der Waals surface area contributed by atoms with Gasteiger partial charge in [-0.1, -0.05) is 45.7 Å². The number of hydrogen-bond acceptors (Lipinski definition) is 2. The molecule has 1 atom stereocenters. The molecule has 19 heavy (non-hydrogen) atoms. The van der Waals surface area contributed by atoms with Gasteiger partial charge in [-0.05, 0) is 36.8 Å². The van der Waals surface area contributed by atoms with Gasteiger partial charge >= 0.3 is 0 Å². The van der Waals surface area contributed by atoms with Crippen LogP contribution in [0, 0.1) is 0 Å². The minimum Gasteiger partial charge on any atom is -0.489 e. The van der Waals surface area contributed by atoms with Gasteiger partial charge in [0.15, 0.2) is 0 Å². The predicted octanol–water partition coefficient (Wildman–Crippen LogP) is 4.73. The van der Waals surface area contributed by atoms with Crippen LogP contribution in [0.1, 0.15) is 24.2 Å². The van der Waals surface area contributed by atoms with Crippen molar-refractivity contribution in [2.75, 3.05) is 0 Å². The average molecular weight is 342 g/mol. The Labute approximate surface area is 126 Å². The number of rotatable bonds is 4. The topological polar surface area (TPSA) is 29.5 Å². The van der Waals surface area contributed by atoms with E-state index in [4.69, 9.17) is 16.3 Å². The second-order valence-corrected chi connectivity index (χ2v) is 5.59. The molecular weight excluding hydrogens is 328 g/mol. The molecule has 0 amide bonds. The molecule has 0 fully saturated rings. The van der Waals surface area contributed by atoms with Crippen molar-refractivity contribution in [1.29, 1.82) is 0 Å². The molecule has 4 heteroatoms. The van der Waals surface area contributed by atoms with Crippen LogP contribution in [0.3, 0.4) is 0 Å². The zero-order valence-electron chi connectivity index (χ0n) is 10.4. The molecule has 2 aromatic carbocycles. The monoisotopic (exact) mass is 340 g/mol. The zero-order valence-corrected chi connectivity index (χ0v) is 12.8. The first kappa shape index (κ1) is 14.4. The van der Waals surface area contributed by atoms with E-state index in [-0.39, 0.29) is 0 Å². The third-order valence-corrected chi connectivity index (χ3v) is 3.62. The number of benzene rings is 2. The molecule has 0 aliphatic rings. The minimum atomic E-state index is -0.463. The molecule has 0 aliphatic heterocycles. The zero-order chi connectivity index (χ0) is 13.8. The Morgan fingerprint density at radius 3 is 2.47 bits per heavy atom. The van der Waals surface area contributed by atoms with E-state index < -0.39 is 6.10 Å². The van der Waals surface area contributed by atoms with Gasteiger partial charge in [0, 0.05) is 15.1 Å². The summed E-state index contributed by atoms with van der Waals surface area (Å²) in [6.45, 7) is 2.15. The van der Waals surface area contributed by atoms with Gasteiger partial charge in [-0.25, -0.2) is 0 Å². The highest BCUT2D eigenvalue weighted by Crippen LogP contribution is 2.23. The van der Waals surface area contributed by atoms with E-state index in [0.717, 1.165) is 21.3 Å². The van der Waals surface area contributed by atoms with Crippen LogP contribution in [0.15, 0.2) is 46.9 Å². The first-order valence-corrected chi connectivity index (χ1v) is 7.08. The van der Waals surface area contributed by atoms with Gasteiger partial charge in [0.25, 0.3) is 0 Å². The molecule has 0 saturated carbocycles. The summed E-state index contributed by atoms with van der Waals surface area (Å²) < 4.78 is 6.61. The summed E-state index contributed by atoms with van der Waals surface area (Å²) >= 11 is 9.48. The lowest BCUT2D eigenvalue weighted by Gasteiger charge is -2.09. The van der Waals surface area contributed by atoms with Crippen LogP contribution < -0.4 is 4.74 Å². The molecule has 2 rings (SSSR count). The fourth-order valence-corrected chi connectivity index (χ4v) is 2.37. The minimum absolute atomic E-state index is 0.417. The maximum atomic E-state index is 9.42. The van der Waals surface area contributed by atoms with Crippen molar-refractivity contribution in [2.45, 2.75) is 19.6 Å². The summed E-state index contributed by atoms with van der Waals surface area (Å²) in [5.74, 6) is 0.753. The molecule has 0 bridgehead atoms. The number of hydrogen-bond donors (Lipinski definition) is 1. The van der Waals surface area contributed by atoms with Gasteiger partial charge in [-0.2, -0.15) is 0 Å². The summed E-state index contributed by atoms with van der Waals surface area (Å²) in [5.41, 5.74) is 1.80. The molecule has 0 saturated heterocycles. The standard InChI is InChI=1S/C15H14BrClO2/c1-10(18)11-3-6-14(7-4-11)19-9-12-2-5-13(16)8-15(12)17/h2-8,10,18H,9H2,1H3/t10-/m0/s1. The molecule has 0 unspecified atom stereocenters. The van der Waals surface area contributed by atoms with Crippen molar-refractivity contribution >= 4 is 27.5 Å². The van der Waals surface area contributed by atoms with E-state index >= 15 is 0 Å². The van der Waals surface area contributed by atoms with Crippen LogP contribution in [0.2, 0.25) is 5.02 Å². The molecular formula is C15H14BrClO2. The Morgan fingerprint density at radius 2 is 1.89 bits per heavy atom. The normalized spacial score (nSPS) is 12.2. The molecule has 0 aliphatic carbocycles. The molecule has 2 aromatic rings. The molecule has 0 radical (unpaired) electrons. The smallest absolute Gasteiger partial charge is 0.119 e. The van der Waals surface area contributed by atoms with Gasteiger partial charge in [-0.15, -0.1) is 0 Å². The van der Waals surface area contributed by atoms with E-state index in [1.807, 2.05) is 42.5 Å². The predicted molar refractivity (Wildman–Crippen MR) is 80.6 cm³/mol. The van der Waals surface area contributed by atoms with E-state index in [2.05, 4.69) is 15.9 Å². The second kappa shape index (κ2) is 6.42. The van der Waals surface area contributed by atoms with Crippen LogP contribution in [-0.2, 0) is 6.61 Å². The molecule has 100 valence electrons. The van der Waals surface area contributed by atoms with Crippen LogP contribution in [0.25, 0.3) is 0 Å². The SMILES string of the molecule is C[C@H](O)c1ccc(OCc2ccc(Br)cc2Cl)cc1. The second-order valence-electron chi connectivity index (χ2n) is 4.27. The highest BCUT2D eigenvalue weighted by atomic mass is 79.9. The number of aliphatic hydroxyl groups is 1. The van der Waals surface area contributed by atoms with Crippen molar-refractivity contribution in [3.63, 3.8) is 0 Å². The van der Waals surface area contributed by atoms with Crippen LogP contribution >= 0.6 is 27.5 Å². The summed E-state index contributed by atoms with van der Waals surface area (Å²) in [5, 5.41) is 10.1. The van der Waals surface area contributed by atoms with Gasteiger partial charge < -0.3 is 9.84 Å². The lowest BCUT2D eigenvalue weighted by Crippen LogP contribution is -1.97. The molecule has 1 N–H and O–H groups in total. The van der Waals surface area contributed by atoms with E-state index in [1.54, 1.807) is 6.92 Å².